The van der Waals surface area contributed by atoms with Crippen LogP contribution in [0.3, 0.4) is 0 Å². The summed E-state index contributed by atoms with van der Waals surface area (Å²) in [5.74, 6) is -0.315. The zero-order valence-electron chi connectivity index (χ0n) is 13.9. The second-order valence-electron chi connectivity index (χ2n) is 5.20. The fraction of sp³-hybridized carbons (Fsp3) is 0.176. The summed E-state index contributed by atoms with van der Waals surface area (Å²) < 4.78 is 4.71. The van der Waals surface area contributed by atoms with Gasteiger partial charge < -0.3 is 15.8 Å². The normalized spacial score (nSPS) is 10.0. The number of nitrogen functional groups attached to an aromatic ring is 1. The fourth-order valence-corrected chi connectivity index (χ4v) is 2.02. The van der Waals surface area contributed by atoms with E-state index in [1.165, 1.54) is 0 Å². The first-order valence-corrected chi connectivity index (χ1v) is 7.57. The number of hydrogen-bond donors (Lipinski definition) is 4. The molecular weight excluding hydrogens is 322 g/mol. The molecule has 0 atom stereocenters. The third-order valence-corrected chi connectivity index (χ3v) is 3.23. The highest BCUT2D eigenvalue weighted by Gasteiger charge is 2.12. The lowest BCUT2D eigenvalue weighted by atomic mass is 10.1. The van der Waals surface area contributed by atoms with Crippen LogP contribution in [0.2, 0.25) is 0 Å². The van der Waals surface area contributed by atoms with E-state index in [1.807, 2.05) is 6.92 Å². The zero-order valence-corrected chi connectivity index (χ0v) is 13.9. The van der Waals surface area contributed by atoms with Crippen LogP contribution in [-0.2, 0) is 4.74 Å². The maximum atomic E-state index is 12.3. The fourth-order valence-electron chi connectivity index (χ4n) is 2.02. The van der Waals surface area contributed by atoms with E-state index < -0.39 is 6.09 Å². The standard InChI is InChI=1S/C17H19N5O3/c1-3-25-17(24)22-14(18)11-4-6-12(7-5-11)21-16(23)13-8-10(2)9-20-15(13)19/h4-9H,3H2,1-2H3,(H2,19,20)(H,21,23)(H2,18,22,24). The molecule has 0 radical (unpaired) electrons. The minimum atomic E-state index is -0.688. The Kier molecular flexibility index (Phi) is 5.67. The number of nitrogens with two attached hydrogens (primary N) is 1. The minimum absolute atomic E-state index is 0.0940. The topological polar surface area (TPSA) is 130 Å². The summed E-state index contributed by atoms with van der Waals surface area (Å²) in [5, 5.41) is 12.8. The van der Waals surface area contributed by atoms with Gasteiger partial charge in [0, 0.05) is 17.4 Å². The number of aryl methyl sites for hydroxylation is 1. The molecule has 8 heteroatoms. The predicted molar refractivity (Wildman–Crippen MR) is 94.8 cm³/mol. The number of carbonyl (C=O) groups is 2. The molecular formula is C17H19N5O3. The van der Waals surface area contributed by atoms with Gasteiger partial charge in [-0.3, -0.25) is 15.5 Å². The summed E-state index contributed by atoms with van der Waals surface area (Å²) >= 11 is 0. The van der Waals surface area contributed by atoms with Gasteiger partial charge in [0.25, 0.3) is 5.91 Å². The van der Waals surface area contributed by atoms with Gasteiger partial charge in [-0.2, -0.15) is 0 Å². The molecule has 0 aliphatic carbocycles. The van der Waals surface area contributed by atoms with Gasteiger partial charge in [-0.15, -0.1) is 0 Å². The lowest BCUT2D eigenvalue weighted by Crippen LogP contribution is -2.31. The predicted octanol–water partition coefficient (Wildman–Crippen LogP) is 2.30. The number of pyridine rings is 1. The number of amidine groups is 1. The zero-order chi connectivity index (χ0) is 18.4. The molecule has 0 unspecified atom stereocenters. The average molecular weight is 341 g/mol. The van der Waals surface area contributed by atoms with Crippen LogP contribution in [-0.4, -0.2) is 29.4 Å². The molecule has 1 heterocycles. The van der Waals surface area contributed by atoms with Gasteiger partial charge in [-0.1, -0.05) is 0 Å². The Morgan fingerprint density at radius 1 is 1.28 bits per heavy atom. The van der Waals surface area contributed by atoms with Gasteiger partial charge in [-0.05, 0) is 49.7 Å². The molecule has 0 fully saturated rings. The Bertz CT molecular complexity index is 802. The van der Waals surface area contributed by atoms with Crippen LogP contribution >= 0.6 is 0 Å². The van der Waals surface area contributed by atoms with Gasteiger partial charge in [-0.25, -0.2) is 9.78 Å². The number of alkyl carbamates (subject to hydrolysis) is 1. The van der Waals surface area contributed by atoms with Gasteiger partial charge in [0.15, 0.2) is 0 Å². The van der Waals surface area contributed by atoms with E-state index in [-0.39, 0.29) is 24.2 Å². The van der Waals surface area contributed by atoms with Crippen LogP contribution in [0.25, 0.3) is 0 Å². The molecule has 2 rings (SSSR count). The number of benzene rings is 1. The van der Waals surface area contributed by atoms with Crippen molar-refractivity contribution in [3.63, 3.8) is 0 Å². The van der Waals surface area contributed by atoms with Gasteiger partial charge in [0.2, 0.25) is 0 Å². The highest BCUT2D eigenvalue weighted by molar-refractivity contribution is 6.08. The van der Waals surface area contributed by atoms with Crippen LogP contribution in [0, 0.1) is 12.3 Å². The average Bonchev–Trinajstić information content (AvgIpc) is 2.57. The van der Waals surface area contributed by atoms with Gasteiger partial charge in [0.05, 0.1) is 12.2 Å². The van der Waals surface area contributed by atoms with E-state index in [0.29, 0.717) is 16.8 Å². The van der Waals surface area contributed by atoms with E-state index in [1.54, 1.807) is 43.5 Å². The number of nitrogens with one attached hydrogen (secondary N) is 3. The number of anilines is 2. The number of rotatable bonds is 4. The number of aromatic nitrogens is 1. The lowest BCUT2D eigenvalue weighted by molar-refractivity contribution is 0.102. The molecule has 5 N–H and O–H groups in total. The Morgan fingerprint density at radius 2 is 1.96 bits per heavy atom. The molecule has 2 aromatic rings. The second-order valence-corrected chi connectivity index (χ2v) is 5.20. The van der Waals surface area contributed by atoms with Gasteiger partial charge in [0.1, 0.15) is 11.7 Å². The smallest absolute Gasteiger partial charge is 0.412 e. The van der Waals surface area contributed by atoms with Crippen molar-refractivity contribution in [3.8, 4) is 0 Å². The molecule has 0 saturated heterocycles. The monoisotopic (exact) mass is 341 g/mol. The number of amides is 2. The van der Waals surface area contributed by atoms with Crippen LogP contribution in [0.5, 0.6) is 0 Å². The molecule has 8 nitrogen and oxygen atoms in total. The van der Waals surface area contributed by atoms with Crippen LogP contribution in [0.1, 0.15) is 28.4 Å². The molecule has 0 aliphatic heterocycles. The Balaban J connectivity index is 2.05. The largest absolute Gasteiger partial charge is 0.450 e. The van der Waals surface area contributed by atoms with E-state index in [2.05, 4.69) is 15.6 Å². The van der Waals surface area contributed by atoms with Crippen molar-refractivity contribution in [2.24, 2.45) is 0 Å². The molecule has 2 amide bonds. The van der Waals surface area contributed by atoms with E-state index >= 15 is 0 Å². The number of hydrogen-bond acceptors (Lipinski definition) is 6. The van der Waals surface area contributed by atoms with Crippen molar-refractivity contribution in [1.29, 1.82) is 5.41 Å². The molecule has 0 spiro atoms. The third kappa shape index (κ3) is 4.77. The first-order chi connectivity index (χ1) is 11.9. The maximum absolute atomic E-state index is 12.3. The number of carbonyl (C=O) groups excluding carboxylic acids is 2. The minimum Gasteiger partial charge on any atom is -0.450 e. The first-order valence-electron chi connectivity index (χ1n) is 7.57. The van der Waals surface area contributed by atoms with Crippen molar-refractivity contribution in [2.45, 2.75) is 13.8 Å². The van der Waals surface area contributed by atoms with E-state index in [4.69, 9.17) is 15.9 Å². The molecule has 25 heavy (non-hydrogen) atoms. The van der Waals surface area contributed by atoms with Crippen molar-refractivity contribution in [2.75, 3.05) is 17.7 Å². The summed E-state index contributed by atoms with van der Waals surface area (Å²) in [7, 11) is 0. The summed E-state index contributed by atoms with van der Waals surface area (Å²) in [4.78, 5) is 27.5. The summed E-state index contributed by atoms with van der Waals surface area (Å²) in [6.45, 7) is 3.72. The lowest BCUT2D eigenvalue weighted by Gasteiger charge is -2.10. The molecule has 0 saturated carbocycles. The van der Waals surface area contributed by atoms with Crippen molar-refractivity contribution < 1.29 is 14.3 Å². The summed E-state index contributed by atoms with van der Waals surface area (Å²) in [5.41, 5.74) is 7.85. The Labute approximate surface area is 144 Å². The Hall–Kier alpha value is -3.42. The SMILES string of the molecule is CCOC(=O)NC(=N)c1ccc(NC(=O)c2cc(C)cnc2N)cc1. The van der Waals surface area contributed by atoms with Crippen LogP contribution < -0.4 is 16.4 Å². The summed E-state index contributed by atoms with van der Waals surface area (Å²) in [6.07, 6.45) is 0.899. The quantitative estimate of drug-likeness (QED) is 0.501. The molecule has 1 aromatic carbocycles. The molecule has 0 bridgehead atoms. The molecule has 0 aliphatic rings. The van der Waals surface area contributed by atoms with Gasteiger partial charge >= 0.3 is 6.09 Å². The molecule has 130 valence electrons. The van der Waals surface area contributed by atoms with Crippen LogP contribution in [0.4, 0.5) is 16.3 Å². The van der Waals surface area contributed by atoms with Crippen LogP contribution in [0.15, 0.2) is 36.5 Å². The molecule has 1 aromatic heterocycles. The summed E-state index contributed by atoms with van der Waals surface area (Å²) in [6, 6.07) is 8.09. The third-order valence-electron chi connectivity index (χ3n) is 3.23. The van der Waals surface area contributed by atoms with E-state index in [0.717, 1.165) is 5.56 Å². The van der Waals surface area contributed by atoms with Crippen molar-refractivity contribution in [3.05, 3.63) is 53.2 Å². The Morgan fingerprint density at radius 3 is 2.60 bits per heavy atom. The highest BCUT2D eigenvalue weighted by atomic mass is 16.5. The van der Waals surface area contributed by atoms with Crippen molar-refractivity contribution in [1.82, 2.24) is 10.3 Å². The highest BCUT2D eigenvalue weighted by Crippen LogP contribution is 2.15. The van der Waals surface area contributed by atoms with Crippen molar-refractivity contribution >= 4 is 29.3 Å². The van der Waals surface area contributed by atoms with E-state index in [9.17, 15) is 9.59 Å². The number of ether oxygens (including phenoxy) is 1. The maximum Gasteiger partial charge on any atom is 0.412 e. The number of nitrogens with zero attached hydrogens (tertiary/aromatic N) is 1. The first kappa shape index (κ1) is 17.9. The second kappa shape index (κ2) is 7.91.